The molecule has 1 atom stereocenters. The molecule has 4 rings (SSSR count). The van der Waals surface area contributed by atoms with Gasteiger partial charge in [-0.05, 0) is 84.9 Å². The van der Waals surface area contributed by atoms with E-state index in [4.69, 9.17) is 4.98 Å². The summed E-state index contributed by atoms with van der Waals surface area (Å²) >= 11 is 0. The van der Waals surface area contributed by atoms with E-state index in [9.17, 15) is 9.65 Å². The van der Waals surface area contributed by atoms with Gasteiger partial charge in [-0.2, -0.15) is 5.26 Å². The summed E-state index contributed by atoms with van der Waals surface area (Å²) in [5, 5.41) is 10.5. The Hall–Kier alpha value is -2.99. The van der Waals surface area contributed by atoms with E-state index in [0.717, 1.165) is 61.9 Å². The van der Waals surface area contributed by atoms with Gasteiger partial charge in [0.05, 0.1) is 11.8 Å². The monoisotopic (exact) mass is 468 g/mol. The molecule has 1 aliphatic carbocycles. The molecular formula is C32H37FN2. The van der Waals surface area contributed by atoms with Crippen LogP contribution in [0.1, 0.15) is 86.9 Å². The maximum absolute atomic E-state index is 13.9. The zero-order chi connectivity index (χ0) is 24.7. The Morgan fingerprint density at radius 3 is 2.26 bits per heavy atom. The molecule has 0 saturated heterocycles. The van der Waals surface area contributed by atoms with Gasteiger partial charge in [0.25, 0.3) is 0 Å². The first kappa shape index (κ1) is 25.1. The van der Waals surface area contributed by atoms with Crippen LogP contribution < -0.4 is 0 Å². The van der Waals surface area contributed by atoms with Crippen molar-refractivity contribution in [1.29, 1.82) is 5.26 Å². The minimum absolute atomic E-state index is 0.217. The summed E-state index contributed by atoms with van der Waals surface area (Å²) in [6.07, 6.45) is 11.1. The minimum Gasteiger partial charge on any atom is -0.256 e. The molecule has 0 bridgehead atoms. The Balaban J connectivity index is 1.89. The average molecular weight is 469 g/mol. The normalized spacial score (nSPS) is 16.7. The molecular weight excluding hydrogens is 431 g/mol. The summed E-state index contributed by atoms with van der Waals surface area (Å²) in [6, 6.07) is 20.0. The average Bonchev–Trinajstić information content (AvgIpc) is 3.23. The zero-order valence-corrected chi connectivity index (χ0v) is 21.2. The van der Waals surface area contributed by atoms with Crippen molar-refractivity contribution in [1.82, 2.24) is 4.98 Å². The number of fused-ring (bicyclic) bond motifs is 1. The molecule has 2 aromatic carbocycles. The van der Waals surface area contributed by atoms with E-state index >= 15 is 0 Å². The first-order chi connectivity index (χ1) is 17.1. The summed E-state index contributed by atoms with van der Waals surface area (Å²) in [6.45, 7) is 4.46. The van der Waals surface area contributed by atoms with Crippen LogP contribution in [0.5, 0.6) is 0 Å². The maximum atomic E-state index is 13.9. The second kappa shape index (κ2) is 11.6. The molecule has 0 aliphatic heterocycles. The number of aryl methyl sites for hydroxylation is 1. The van der Waals surface area contributed by atoms with Gasteiger partial charge in [0.2, 0.25) is 0 Å². The molecule has 0 saturated carbocycles. The highest BCUT2D eigenvalue weighted by Crippen LogP contribution is 2.46. The van der Waals surface area contributed by atoms with Crippen molar-refractivity contribution in [3.8, 4) is 17.2 Å². The van der Waals surface area contributed by atoms with Gasteiger partial charge in [0.1, 0.15) is 11.2 Å². The van der Waals surface area contributed by atoms with Gasteiger partial charge >= 0.3 is 0 Å². The summed E-state index contributed by atoms with van der Waals surface area (Å²) in [5.74, 6) is -0.217. The van der Waals surface area contributed by atoms with E-state index in [2.05, 4.69) is 32.0 Å². The highest BCUT2D eigenvalue weighted by Gasteiger charge is 2.43. The number of nitrogens with zero attached hydrogens (tertiary/aromatic N) is 2. The molecule has 1 aromatic heterocycles. The van der Waals surface area contributed by atoms with Gasteiger partial charge in [0.15, 0.2) is 0 Å². The van der Waals surface area contributed by atoms with Crippen LogP contribution in [0.25, 0.3) is 11.1 Å². The zero-order valence-electron chi connectivity index (χ0n) is 21.2. The molecule has 1 aliphatic rings. The number of nitriles is 1. The molecule has 2 nitrogen and oxygen atoms in total. The van der Waals surface area contributed by atoms with E-state index < -0.39 is 5.41 Å². The fourth-order valence-electron chi connectivity index (χ4n) is 5.61. The maximum Gasteiger partial charge on any atom is 0.123 e. The molecule has 182 valence electrons. The fourth-order valence-corrected chi connectivity index (χ4v) is 5.61. The topological polar surface area (TPSA) is 36.7 Å². The molecule has 35 heavy (non-hydrogen) atoms. The smallest absolute Gasteiger partial charge is 0.123 e. The van der Waals surface area contributed by atoms with E-state index in [1.165, 1.54) is 41.5 Å². The van der Waals surface area contributed by atoms with Crippen molar-refractivity contribution < 1.29 is 4.39 Å². The van der Waals surface area contributed by atoms with Crippen LogP contribution in [0.15, 0.2) is 54.6 Å². The van der Waals surface area contributed by atoms with E-state index in [1.54, 1.807) is 12.1 Å². The Morgan fingerprint density at radius 1 is 0.914 bits per heavy atom. The third kappa shape index (κ3) is 5.48. The van der Waals surface area contributed by atoms with E-state index in [0.29, 0.717) is 6.42 Å². The van der Waals surface area contributed by atoms with Gasteiger partial charge in [-0.25, -0.2) is 4.39 Å². The highest BCUT2D eigenvalue weighted by atomic mass is 19.1. The molecule has 0 N–H and O–H groups in total. The molecule has 0 unspecified atom stereocenters. The third-order valence-corrected chi connectivity index (χ3v) is 7.48. The second-order valence-electron chi connectivity index (χ2n) is 10.0. The van der Waals surface area contributed by atoms with Crippen molar-refractivity contribution in [3.63, 3.8) is 0 Å². The molecule has 0 spiro atoms. The number of rotatable bonds is 11. The van der Waals surface area contributed by atoms with Crippen LogP contribution in [0, 0.1) is 17.1 Å². The minimum atomic E-state index is -0.618. The van der Waals surface area contributed by atoms with E-state index in [1.807, 2.05) is 30.3 Å². The van der Waals surface area contributed by atoms with Gasteiger partial charge < -0.3 is 0 Å². The van der Waals surface area contributed by atoms with Gasteiger partial charge in [-0.1, -0.05) is 82.0 Å². The van der Waals surface area contributed by atoms with Gasteiger partial charge in [-0.3, -0.25) is 4.98 Å². The van der Waals surface area contributed by atoms with Crippen LogP contribution in [-0.2, 0) is 31.1 Å². The Morgan fingerprint density at radius 2 is 1.60 bits per heavy atom. The van der Waals surface area contributed by atoms with Gasteiger partial charge in [-0.15, -0.1) is 0 Å². The molecule has 3 heteroatoms. The summed E-state index contributed by atoms with van der Waals surface area (Å²) in [7, 11) is 0. The number of aromatic nitrogens is 1. The van der Waals surface area contributed by atoms with E-state index in [-0.39, 0.29) is 5.82 Å². The van der Waals surface area contributed by atoms with Crippen molar-refractivity contribution >= 4 is 0 Å². The van der Waals surface area contributed by atoms with Crippen molar-refractivity contribution in [2.75, 3.05) is 0 Å². The lowest BCUT2D eigenvalue weighted by Crippen LogP contribution is -2.26. The van der Waals surface area contributed by atoms with Crippen LogP contribution in [0.4, 0.5) is 4.39 Å². The molecule has 0 amide bonds. The quantitative estimate of drug-likeness (QED) is 0.265. The predicted molar refractivity (Wildman–Crippen MR) is 142 cm³/mol. The van der Waals surface area contributed by atoms with Crippen LogP contribution in [0.3, 0.4) is 0 Å². The number of halogens is 1. The number of unbranched alkanes of at least 4 members (excludes halogenated alkanes) is 4. The standard InChI is InChI=1S/C32H37FN2/c1-3-5-8-14-27-29(15-9-6-4-2)35-31-28(30(27)25-16-18-26(33)19-17-25)20-21-32(31,23-34)22-24-12-10-7-11-13-24/h7,10-13,16-19H,3-6,8-9,14-15,20-22H2,1-2H3/t32-/m0/s1. The molecule has 1 heterocycles. The SMILES string of the molecule is CCCCCc1nc2c(c(-c3ccc(F)cc3)c1CCCCC)CC[C@@]2(C#N)Cc1ccccc1. The van der Waals surface area contributed by atoms with Gasteiger partial charge in [0, 0.05) is 5.69 Å². The summed E-state index contributed by atoms with van der Waals surface area (Å²) in [5.41, 5.74) is 7.49. The largest absolute Gasteiger partial charge is 0.256 e. The molecule has 0 radical (unpaired) electrons. The predicted octanol–water partition coefficient (Wildman–Crippen LogP) is 8.30. The fraction of sp³-hybridized carbons (Fsp3) is 0.438. The lowest BCUT2D eigenvalue weighted by molar-refractivity contribution is 0.526. The molecule has 0 fully saturated rings. The Kier molecular flexibility index (Phi) is 8.34. The lowest BCUT2D eigenvalue weighted by Gasteiger charge is -2.25. The highest BCUT2D eigenvalue weighted by molar-refractivity contribution is 5.75. The van der Waals surface area contributed by atoms with Crippen LogP contribution >= 0.6 is 0 Å². The number of hydrogen-bond donors (Lipinski definition) is 0. The lowest BCUT2D eigenvalue weighted by atomic mass is 9.79. The third-order valence-electron chi connectivity index (χ3n) is 7.48. The second-order valence-corrected chi connectivity index (χ2v) is 10.0. The molecule has 3 aromatic rings. The van der Waals surface area contributed by atoms with Crippen molar-refractivity contribution in [2.24, 2.45) is 0 Å². The summed E-state index contributed by atoms with van der Waals surface area (Å²) < 4.78 is 13.9. The van der Waals surface area contributed by atoms with Crippen LogP contribution in [-0.4, -0.2) is 4.98 Å². The van der Waals surface area contributed by atoms with Crippen molar-refractivity contribution in [3.05, 3.63) is 88.5 Å². The number of benzene rings is 2. The van der Waals surface area contributed by atoms with Crippen molar-refractivity contribution in [2.45, 2.75) is 89.9 Å². The first-order valence-corrected chi connectivity index (χ1v) is 13.4. The number of pyridine rings is 1. The van der Waals surface area contributed by atoms with Crippen LogP contribution in [0.2, 0.25) is 0 Å². The Bertz CT molecular complexity index is 1160. The Labute approximate surface area is 210 Å². The number of hydrogen-bond acceptors (Lipinski definition) is 2. The summed E-state index contributed by atoms with van der Waals surface area (Å²) in [4.78, 5) is 5.33. The first-order valence-electron chi connectivity index (χ1n) is 13.4.